The lowest BCUT2D eigenvalue weighted by Gasteiger charge is -2.48. The predicted molar refractivity (Wildman–Crippen MR) is 229 cm³/mol. The van der Waals surface area contributed by atoms with Gasteiger partial charge in [-0.05, 0) is 64.4 Å². The first kappa shape index (κ1) is 45.0. The van der Waals surface area contributed by atoms with Crippen LogP contribution in [0.1, 0.15) is 94.1 Å². The summed E-state index contributed by atoms with van der Waals surface area (Å²) in [5, 5.41) is 14.0. The van der Waals surface area contributed by atoms with E-state index in [2.05, 4.69) is 154 Å². The van der Waals surface area contributed by atoms with Gasteiger partial charge >= 0.3 is 0 Å². The van der Waals surface area contributed by atoms with Crippen LogP contribution in [0.4, 0.5) is 0 Å². The van der Waals surface area contributed by atoms with Crippen LogP contribution in [-0.2, 0) is 24.9 Å². The first-order valence-corrected chi connectivity index (χ1v) is 24.5. The predicted octanol–water partition coefficient (Wildman–Crippen LogP) is 10.3. The average Bonchev–Trinajstić information content (AvgIpc) is 3.10. The maximum Gasteiger partial charge on any atom is 0.261 e. The molecule has 4 atom stereocenters. The minimum Gasteiger partial charge on any atom is -0.413 e. The normalized spacial score (nSPS) is 15.9. The molecule has 3 aromatic rings. The average molecular weight is 761 g/mol. The van der Waals surface area contributed by atoms with Crippen LogP contribution in [-0.4, -0.2) is 60.4 Å². The van der Waals surface area contributed by atoms with Crippen LogP contribution in [0.15, 0.2) is 103 Å². The molecule has 0 radical (unpaired) electrons. The fourth-order valence-electron chi connectivity index (χ4n) is 6.84. The topological polar surface area (TPSA) is 57.2 Å². The molecule has 0 heterocycles. The van der Waals surface area contributed by atoms with Crippen molar-refractivity contribution in [2.45, 2.75) is 137 Å². The lowest BCUT2D eigenvalue weighted by molar-refractivity contribution is -0.0322. The van der Waals surface area contributed by atoms with Gasteiger partial charge in [0.25, 0.3) is 8.32 Å². The summed E-state index contributed by atoms with van der Waals surface area (Å²) in [5.41, 5.74) is 1.76. The quantitative estimate of drug-likeness (QED) is 0.0918. The van der Waals surface area contributed by atoms with Gasteiger partial charge in [-0.3, -0.25) is 0 Å². The second-order valence-electron chi connectivity index (χ2n) is 18.2. The Morgan fingerprint density at radius 1 is 0.755 bits per heavy atom. The number of hydrogen-bond donors (Lipinski definition) is 1. The summed E-state index contributed by atoms with van der Waals surface area (Å²) in [4.78, 5) is 0. The highest BCUT2D eigenvalue weighted by atomic mass is 28.4. The summed E-state index contributed by atoms with van der Waals surface area (Å²) in [5.74, 6) is 0.224. The highest BCUT2D eigenvalue weighted by Crippen LogP contribution is 2.43. The largest absolute Gasteiger partial charge is 0.413 e. The SMILES string of the molecule is CC[C@H](/C=C(/C)[C@@H](O)C[C@H](C[C@H](O[Si](C)(C)C(C)(C)C)C(C)(C)CO[Si](c1ccccc1)(c1ccccc1)C(C)(C)C)OC)COCc1ccccc1. The molecule has 1 N–H and O–H groups in total. The van der Waals surface area contributed by atoms with E-state index in [-0.39, 0.29) is 33.6 Å². The Labute approximate surface area is 325 Å². The third kappa shape index (κ3) is 12.3. The molecule has 0 spiro atoms. The van der Waals surface area contributed by atoms with Gasteiger partial charge in [0.1, 0.15) is 0 Å². The highest BCUT2D eigenvalue weighted by molar-refractivity contribution is 6.99. The number of aliphatic hydroxyl groups excluding tert-OH is 1. The van der Waals surface area contributed by atoms with Crippen molar-refractivity contribution in [2.75, 3.05) is 20.3 Å². The van der Waals surface area contributed by atoms with E-state index in [1.807, 2.05) is 25.1 Å². The molecule has 0 aliphatic carbocycles. The van der Waals surface area contributed by atoms with Crippen LogP contribution in [0.3, 0.4) is 0 Å². The van der Waals surface area contributed by atoms with Crippen molar-refractivity contribution in [3.63, 3.8) is 0 Å². The van der Waals surface area contributed by atoms with Crippen molar-refractivity contribution >= 4 is 27.0 Å². The van der Waals surface area contributed by atoms with Gasteiger partial charge in [-0.25, -0.2) is 0 Å². The molecule has 3 rings (SSSR count). The zero-order valence-electron chi connectivity index (χ0n) is 35.4. The van der Waals surface area contributed by atoms with Crippen molar-refractivity contribution < 1.29 is 23.4 Å². The molecule has 0 unspecified atom stereocenters. The Bertz CT molecular complexity index is 1470. The molecule has 5 nitrogen and oxygen atoms in total. The molecule has 0 aliphatic heterocycles. The summed E-state index contributed by atoms with van der Waals surface area (Å²) in [7, 11) is -3.22. The van der Waals surface area contributed by atoms with Gasteiger partial charge in [-0.15, -0.1) is 0 Å². The summed E-state index contributed by atoms with van der Waals surface area (Å²) < 4.78 is 27.1. The maximum atomic E-state index is 11.6. The zero-order chi connectivity index (χ0) is 39.5. The number of rotatable bonds is 20. The van der Waals surface area contributed by atoms with E-state index in [9.17, 15) is 5.11 Å². The van der Waals surface area contributed by atoms with Gasteiger partial charge in [0, 0.05) is 31.5 Å². The molecular formula is C46H72O5Si2. The second kappa shape index (κ2) is 19.5. The first-order valence-electron chi connectivity index (χ1n) is 19.7. The first-order chi connectivity index (χ1) is 24.8. The summed E-state index contributed by atoms with van der Waals surface area (Å²) >= 11 is 0. The molecule has 294 valence electrons. The van der Waals surface area contributed by atoms with Gasteiger partial charge in [-0.1, -0.05) is 159 Å². The molecule has 53 heavy (non-hydrogen) atoms. The molecule has 0 amide bonds. The van der Waals surface area contributed by atoms with Crippen molar-refractivity contribution in [1.82, 2.24) is 0 Å². The van der Waals surface area contributed by atoms with Crippen LogP contribution in [0.2, 0.25) is 23.2 Å². The van der Waals surface area contributed by atoms with Gasteiger partial charge in [0.15, 0.2) is 8.32 Å². The maximum absolute atomic E-state index is 11.6. The zero-order valence-corrected chi connectivity index (χ0v) is 37.4. The smallest absolute Gasteiger partial charge is 0.261 e. The van der Waals surface area contributed by atoms with E-state index in [4.69, 9.17) is 18.3 Å². The summed E-state index contributed by atoms with van der Waals surface area (Å²) in [6, 6.07) is 32.0. The molecule has 0 saturated heterocycles. The lowest BCUT2D eigenvalue weighted by Crippen LogP contribution is -2.67. The van der Waals surface area contributed by atoms with Crippen LogP contribution in [0, 0.1) is 11.3 Å². The Kier molecular flexibility index (Phi) is 16.5. The fraction of sp³-hybridized carbons (Fsp3) is 0.565. The van der Waals surface area contributed by atoms with Crippen molar-refractivity contribution in [1.29, 1.82) is 0 Å². The standard InChI is InChI=1S/C46H72O5Si2/c1-14-37(33-49-34-38-24-18-15-19-25-38)30-36(2)42(47)31-39(48-11)32-43(51-52(12,13)44(3,4)5)46(9,10)35-50-53(45(6,7)8,40-26-20-16-21-27-40)41-28-22-17-23-29-41/h15-30,37,39,42-43,47H,14,31-35H2,1-13H3/b36-30-/t37-,39-,42+,43+/m1/s1. The molecule has 3 aromatic carbocycles. The second-order valence-corrected chi connectivity index (χ2v) is 27.3. The Hall–Kier alpha value is -2.37. The molecule has 0 bridgehead atoms. The third-order valence-corrected chi connectivity index (χ3v) is 20.9. The van der Waals surface area contributed by atoms with Gasteiger partial charge in [0.2, 0.25) is 0 Å². The fourth-order valence-corrected chi connectivity index (χ4v) is 13.1. The van der Waals surface area contributed by atoms with Crippen LogP contribution >= 0.6 is 0 Å². The van der Waals surface area contributed by atoms with E-state index >= 15 is 0 Å². The Balaban J connectivity index is 1.88. The number of aliphatic hydroxyl groups is 1. The summed E-state index contributed by atoms with van der Waals surface area (Å²) in [6.07, 6.45) is 3.28. The van der Waals surface area contributed by atoms with Gasteiger partial charge in [-0.2, -0.15) is 0 Å². The number of methoxy groups -OCH3 is 1. The van der Waals surface area contributed by atoms with E-state index < -0.39 is 22.7 Å². The van der Waals surface area contributed by atoms with Crippen molar-refractivity contribution in [3.05, 3.63) is 108 Å². The van der Waals surface area contributed by atoms with E-state index in [0.29, 0.717) is 32.7 Å². The Morgan fingerprint density at radius 2 is 1.26 bits per heavy atom. The van der Waals surface area contributed by atoms with Crippen LogP contribution in [0.25, 0.3) is 0 Å². The monoisotopic (exact) mass is 760 g/mol. The number of benzene rings is 3. The van der Waals surface area contributed by atoms with Crippen molar-refractivity contribution in [3.8, 4) is 0 Å². The van der Waals surface area contributed by atoms with Crippen molar-refractivity contribution in [2.24, 2.45) is 11.3 Å². The molecular weight excluding hydrogens is 689 g/mol. The number of ether oxygens (including phenoxy) is 2. The van der Waals surface area contributed by atoms with Crippen LogP contribution in [0.5, 0.6) is 0 Å². The minimum atomic E-state index is -2.77. The summed E-state index contributed by atoms with van der Waals surface area (Å²) in [6.45, 7) is 29.0. The lowest BCUT2D eigenvalue weighted by atomic mass is 9.83. The van der Waals surface area contributed by atoms with Gasteiger partial charge in [0.05, 0.1) is 31.5 Å². The minimum absolute atomic E-state index is 0.0271. The van der Waals surface area contributed by atoms with E-state index in [0.717, 1.165) is 12.0 Å². The number of hydrogen-bond acceptors (Lipinski definition) is 5. The molecule has 0 aromatic heterocycles. The molecule has 7 heteroatoms. The molecule has 0 fully saturated rings. The highest BCUT2D eigenvalue weighted by Gasteiger charge is 2.52. The van der Waals surface area contributed by atoms with Crippen LogP contribution < -0.4 is 10.4 Å². The van der Waals surface area contributed by atoms with E-state index in [1.165, 1.54) is 15.9 Å². The third-order valence-electron chi connectivity index (χ3n) is 11.5. The van der Waals surface area contributed by atoms with E-state index in [1.54, 1.807) is 7.11 Å². The van der Waals surface area contributed by atoms with Gasteiger partial charge < -0.3 is 23.4 Å². The Morgan fingerprint density at radius 3 is 1.72 bits per heavy atom. The molecule has 0 saturated carbocycles. The molecule has 0 aliphatic rings.